The standard InChI is InChI=1S/C25H32ClN3O2/c1-4-22-20(23(5-2)29(28-22)25-13-9-10-16-27-25)12-8-6-7-11-17-31-24-15-14-19(30-3)18-21(24)26/h9-10,13-16,18H,4-8,11-12,17H2,1-3H3. The Bertz CT molecular complexity index is 957. The number of benzene rings is 1. The van der Waals surface area contributed by atoms with Gasteiger partial charge in [-0.25, -0.2) is 9.67 Å². The van der Waals surface area contributed by atoms with Crippen LogP contribution < -0.4 is 9.47 Å². The number of nitrogens with zero attached hydrogens (tertiary/aromatic N) is 3. The van der Waals surface area contributed by atoms with Crippen molar-refractivity contribution in [2.24, 2.45) is 0 Å². The van der Waals surface area contributed by atoms with E-state index in [9.17, 15) is 0 Å². The Kier molecular flexibility index (Phi) is 8.77. The van der Waals surface area contributed by atoms with Crippen molar-refractivity contribution >= 4 is 11.6 Å². The van der Waals surface area contributed by atoms with Gasteiger partial charge in [-0.2, -0.15) is 5.10 Å². The van der Waals surface area contributed by atoms with E-state index in [-0.39, 0.29) is 0 Å². The summed E-state index contributed by atoms with van der Waals surface area (Å²) < 4.78 is 13.0. The predicted octanol–water partition coefficient (Wildman–Crippen LogP) is 6.24. The van der Waals surface area contributed by atoms with E-state index in [1.54, 1.807) is 13.2 Å². The maximum atomic E-state index is 6.22. The third-order valence-corrected chi connectivity index (χ3v) is 5.72. The minimum absolute atomic E-state index is 0.587. The fourth-order valence-electron chi connectivity index (χ4n) is 3.81. The van der Waals surface area contributed by atoms with Gasteiger partial charge in [0.15, 0.2) is 5.82 Å². The second kappa shape index (κ2) is 11.8. The quantitative estimate of drug-likeness (QED) is 0.312. The largest absolute Gasteiger partial charge is 0.497 e. The lowest BCUT2D eigenvalue weighted by molar-refractivity contribution is 0.304. The average molecular weight is 442 g/mol. The van der Waals surface area contributed by atoms with Crippen LogP contribution in [0.2, 0.25) is 5.02 Å². The summed E-state index contributed by atoms with van der Waals surface area (Å²) >= 11 is 6.22. The maximum absolute atomic E-state index is 6.22. The van der Waals surface area contributed by atoms with Crippen LogP contribution in [-0.2, 0) is 19.3 Å². The van der Waals surface area contributed by atoms with E-state index in [0.29, 0.717) is 17.4 Å². The molecule has 0 spiro atoms. The summed E-state index contributed by atoms with van der Waals surface area (Å²) in [5.41, 5.74) is 3.88. The second-order valence-electron chi connectivity index (χ2n) is 7.49. The van der Waals surface area contributed by atoms with Crippen LogP contribution in [-0.4, -0.2) is 28.5 Å². The van der Waals surface area contributed by atoms with Crippen LogP contribution in [0.15, 0.2) is 42.6 Å². The maximum Gasteiger partial charge on any atom is 0.153 e. The molecule has 5 nitrogen and oxygen atoms in total. The zero-order valence-electron chi connectivity index (χ0n) is 18.7. The van der Waals surface area contributed by atoms with Gasteiger partial charge in [0.1, 0.15) is 11.5 Å². The Hall–Kier alpha value is -2.53. The molecule has 0 fully saturated rings. The minimum Gasteiger partial charge on any atom is -0.497 e. The molecule has 1 aromatic carbocycles. The smallest absolute Gasteiger partial charge is 0.153 e. The zero-order valence-corrected chi connectivity index (χ0v) is 19.5. The lowest BCUT2D eigenvalue weighted by Gasteiger charge is -2.09. The van der Waals surface area contributed by atoms with Gasteiger partial charge in [-0.3, -0.25) is 0 Å². The van der Waals surface area contributed by atoms with Crippen molar-refractivity contribution in [3.8, 4) is 17.3 Å². The van der Waals surface area contributed by atoms with Crippen molar-refractivity contribution in [2.45, 2.75) is 58.8 Å². The number of hydrogen-bond acceptors (Lipinski definition) is 4. The van der Waals surface area contributed by atoms with Crippen molar-refractivity contribution < 1.29 is 9.47 Å². The third kappa shape index (κ3) is 6.01. The SMILES string of the molecule is CCc1nn(-c2ccccn2)c(CC)c1CCCCCCOc1ccc(OC)cc1Cl. The number of rotatable bonds is 12. The van der Waals surface area contributed by atoms with Crippen molar-refractivity contribution in [1.29, 1.82) is 0 Å². The van der Waals surface area contributed by atoms with Crippen molar-refractivity contribution in [2.75, 3.05) is 13.7 Å². The molecule has 3 rings (SSSR count). The first-order valence-corrected chi connectivity index (χ1v) is 11.5. The Balaban J connectivity index is 1.48. The molecule has 166 valence electrons. The van der Waals surface area contributed by atoms with Crippen molar-refractivity contribution in [1.82, 2.24) is 14.8 Å². The van der Waals surface area contributed by atoms with Gasteiger partial charge in [-0.05, 0) is 61.9 Å². The molecule has 2 heterocycles. The van der Waals surface area contributed by atoms with E-state index in [0.717, 1.165) is 50.1 Å². The number of aromatic nitrogens is 3. The van der Waals surface area contributed by atoms with E-state index < -0.39 is 0 Å². The van der Waals surface area contributed by atoms with E-state index in [2.05, 4.69) is 18.8 Å². The highest BCUT2D eigenvalue weighted by Crippen LogP contribution is 2.29. The minimum atomic E-state index is 0.587. The lowest BCUT2D eigenvalue weighted by Crippen LogP contribution is -2.04. The molecule has 0 saturated carbocycles. The molecule has 31 heavy (non-hydrogen) atoms. The molecule has 2 aromatic heterocycles. The summed E-state index contributed by atoms with van der Waals surface area (Å²) in [6, 6.07) is 11.5. The highest BCUT2D eigenvalue weighted by atomic mass is 35.5. The molecule has 3 aromatic rings. The number of halogens is 1. The fourth-order valence-corrected chi connectivity index (χ4v) is 4.03. The van der Waals surface area contributed by atoms with E-state index in [1.165, 1.54) is 23.4 Å². The van der Waals surface area contributed by atoms with E-state index >= 15 is 0 Å². The first-order chi connectivity index (χ1) is 15.2. The first kappa shape index (κ1) is 23.1. The number of unbranched alkanes of at least 4 members (excludes halogenated alkanes) is 3. The van der Waals surface area contributed by atoms with E-state index in [1.807, 2.05) is 41.2 Å². The molecule has 6 heteroatoms. The Morgan fingerprint density at radius 2 is 1.84 bits per heavy atom. The number of aryl methyl sites for hydroxylation is 1. The van der Waals surface area contributed by atoms with Gasteiger partial charge in [-0.15, -0.1) is 0 Å². The molecule has 0 unspecified atom stereocenters. The zero-order chi connectivity index (χ0) is 22.1. The monoisotopic (exact) mass is 441 g/mol. The number of methoxy groups -OCH3 is 1. The fraction of sp³-hybridized carbons (Fsp3) is 0.440. The summed E-state index contributed by atoms with van der Waals surface area (Å²) in [5, 5.41) is 5.45. The van der Waals surface area contributed by atoms with Crippen LogP contribution in [0, 0.1) is 0 Å². The molecule has 0 radical (unpaired) electrons. The van der Waals surface area contributed by atoms with Crippen LogP contribution >= 0.6 is 11.6 Å². The summed E-state index contributed by atoms with van der Waals surface area (Å²) in [7, 11) is 1.63. The Morgan fingerprint density at radius 1 is 1.00 bits per heavy atom. The lowest BCUT2D eigenvalue weighted by atomic mass is 10.0. The highest BCUT2D eigenvalue weighted by Gasteiger charge is 2.16. The molecular weight excluding hydrogens is 410 g/mol. The Labute approximate surface area is 190 Å². The van der Waals surface area contributed by atoms with Crippen LogP contribution in [0.1, 0.15) is 56.5 Å². The van der Waals surface area contributed by atoms with Gasteiger partial charge in [0.25, 0.3) is 0 Å². The highest BCUT2D eigenvalue weighted by molar-refractivity contribution is 6.32. The average Bonchev–Trinajstić information content (AvgIpc) is 3.17. The van der Waals surface area contributed by atoms with Gasteiger partial charge < -0.3 is 9.47 Å². The van der Waals surface area contributed by atoms with Crippen molar-refractivity contribution in [3.63, 3.8) is 0 Å². The van der Waals surface area contributed by atoms with Gasteiger partial charge in [-0.1, -0.05) is 44.4 Å². The van der Waals surface area contributed by atoms with Gasteiger partial charge in [0, 0.05) is 18.0 Å². The topological polar surface area (TPSA) is 49.2 Å². The molecule has 0 bridgehead atoms. The first-order valence-electron chi connectivity index (χ1n) is 11.1. The predicted molar refractivity (Wildman–Crippen MR) is 126 cm³/mol. The van der Waals surface area contributed by atoms with Crippen LogP contribution in [0.4, 0.5) is 0 Å². The molecule has 0 aliphatic carbocycles. The molecule has 0 aliphatic rings. The Morgan fingerprint density at radius 3 is 2.52 bits per heavy atom. The van der Waals surface area contributed by atoms with Gasteiger partial charge >= 0.3 is 0 Å². The van der Waals surface area contributed by atoms with Gasteiger partial charge in [0.2, 0.25) is 0 Å². The van der Waals surface area contributed by atoms with Crippen LogP contribution in [0.5, 0.6) is 11.5 Å². The normalized spacial score (nSPS) is 11.0. The molecule has 0 N–H and O–H groups in total. The number of ether oxygens (including phenoxy) is 2. The molecular formula is C25H32ClN3O2. The number of hydrogen-bond donors (Lipinski definition) is 0. The van der Waals surface area contributed by atoms with Gasteiger partial charge in [0.05, 0.1) is 24.4 Å². The van der Waals surface area contributed by atoms with Crippen LogP contribution in [0.3, 0.4) is 0 Å². The summed E-state index contributed by atoms with van der Waals surface area (Å²) in [6.07, 6.45) is 9.24. The van der Waals surface area contributed by atoms with Crippen LogP contribution in [0.25, 0.3) is 5.82 Å². The molecule has 0 atom stereocenters. The third-order valence-electron chi connectivity index (χ3n) is 5.43. The summed E-state index contributed by atoms with van der Waals surface area (Å²) in [6.45, 7) is 5.04. The molecule has 0 aliphatic heterocycles. The molecule has 0 saturated heterocycles. The summed E-state index contributed by atoms with van der Waals surface area (Å²) in [5.74, 6) is 2.35. The van der Waals surface area contributed by atoms with E-state index in [4.69, 9.17) is 26.2 Å². The molecule has 0 amide bonds. The summed E-state index contributed by atoms with van der Waals surface area (Å²) in [4.78, 5) is 4.49. The van der Waals surface area contributed by atoms with Crippen molar-refractivity contribution in [3.05, 3.63) is 64.6 Å². The number of pyridine rings is 1. The second-order valence-corrected chi connectivity index (χ2v) is 7.90.